The first-order chi connectivity index (χ1) is 8.12. The third-order valence-electron chi connectivity index (χ3n) is 4.18. The fourth-order valence-corrected chi connectivity index (χ4v) is 3.28. The molecule has 0 saturated carbocycles. The van der Waals surface area contributed by atoms with E-state index in [-0.39, 0.29) is 24.1 Å². The molecule has 0 amide bonds. The first kappa shape index (κ1) is 11.5. The SMILES string of the molecule is CC(C)[C@@H]1O[C@@]2(CCCCO2)C2C[C@@H]1OC2=O. The highest BCUT2D eigenvalue weighted by Crippen LogP contribution is 2.47. The van der Waals surface area contributed by atoms with Crippen molar-refractivity contribution in [2.45, 2.75) is 57.5 Å². The second kappa shape index (κ2) is 3.95. The molecule has 3 saturated heterocycles. The van der Waals surface area contributed by atoms with Crippen LogP contribution in [0.25, 0.3) is 0 Å². The second-order valence-electron chi connectivity index (χ2n) is 5.71. The minimum Gasteiger partial charge on any atom is -0.459 e. The molecule has 4 nitrogen and oxygen atoms in total. The number of rotatable bonds is 1. The highest BCUT2D eigenvalue weighted by atomic mass is 16.7. The lowest BCUT2D eigenvalue weighted by Gasteiger charge is -2.45. The van der Waals surface area contributed by atoms with E-state index in [9.17, 15) is 4.79 Å². The minimum absolute atomic E-state index is 0.0178. The predicted octanol–water partition coefficient (Wildman–Crippen LogP) is 1.87. The van der Waals surface area contributed by atoms with Crippen LogP contribution < -0.4 is 0 Å². The summed E-state index contributed by atoms with van der Waals surface area (Å²) < 4.78 is 17.5. The summed E-state index contributed by atoms with van der Waals surface area (Å²) >= 11 is 0. The van der Waals surface area contributed by atoms with Gasteiger partial charge in [-0.25, -0.2) is 0 Å². The molecule has 3 fully saturated rings. The van der Waals surface area contributed by atoms with Crippen molar-refractivity contribution in [3.63, 3.8) is 0 Å². The van der Waals surface area contributed by atoms with Gasteiger partial charge in [-0.15, -0.1) is 0 Å². The Bertz CT molecular complexity index is 319. The van der Waals surface area contributed by atoms with Crippen molar-refractivity contribution in [1.29, 1.82) is 0 Å². The highest BCUT2D eigenvalue weighted by molar-refractivity contribution is 5.76. The van der Waals surface area contributed by atoms with Gasteiger partial charge in [-0.05, 0) is 18.8 Å². The molecule has 3 heterocycles. The summed E-state index contributed by atoms with van der Waals surface area (Å²) in [4.78, 5) is 11.9. The molecule has 96 valence electrons. The summed E-state index contributed by atoms with van der Waals surface area (Å²) in [6, 6.07) is 0. The average molecular weight is 240 g/mol. The van der Waals surface area contributed by atoms with Crippen LogP contribution in [0.5, 0.6) is 0 Å². The van der Waals surface area contributed by atoms with E-state index in [0.717, 1.165) is 25.7 Å². The summed E-state index contributed by atoms with van der Waals surface area (Å²) in [6.45, 7) is 4.90. The largest absolute Gasteiger partial charge is 0.459 e. The molecule has 4 atom stereocenters. The van der Waals surface area contributed by atoms with Gasteiger partial charge < -0.3 is 14.2 Å². The molecule has 4 heteroatoms. The van der Waals surface area contributed by atoms with Gasteiger partial charge in [-0.1, -0.05) is 13.8 Å². The quantitative estimate of drug-likeness (QED) is 0.656. The van der Waals surface area contributed by atoms with Gasteiger partial charge in [0.1, 0.15) is 18.1 Å². The van der Waals surface area contributed by atoms with Gasteiger partial charge in [0, 0.05) is 12.8 Å². The number of ether oxygens (including phenoxy) is 3. The van der Waals surface area contributed by atoms with Crippen LogP contribution in [-0.2, 0) is 19.0 Å². The molecule has 2 bridgehead atoms. The Hall–Kier alpha value is -0.610. The third kappa shape index (κ3) is 1.69. The summed E-state index contributed by atoms with van der Waals surface area (Å²) in [6.07, 6.45) is 3.63. The summed E-state index contributed by atoms with van der Waals surface area (Å²) in [5, 5.41) is 0. The number of carbonyl (C=O) groups excluding carboxylic acids is 1. The first-order valence-corrected chi connectivity index (χ1v) is 6.65. The van der Waals surface area contributed by atoms with Crippen LogP contribution in [0.4, 0.5) is 0 Å². The zero-order valence-electron chi connectivity index (χ0n) is 10.5. The Labute approximate surface area is 102 Å². The maximum absolute atomic E-state index is 11.9. The fraction of sp³-hybridized carbons (Fsp3) is 0.923. The Kier molecular flexibility index (Phi) is 2.67. The van der Waals surface area contributed by atoms with Crippen molar-refractivity contribution in [3.05, 3.63) is 0 Å². The van der Waals surface area contributed by atoms with Crippen molar-refractivity contribution >= 4 is 5.97 Å². The van der Waals surface area contributed by atoms with Crippen molar-refractivity contribution in [1.82, 2.24) is 0 Å². The van der Waals surface area contributed by atoms with Crippen LogP contribution in [-0.4, -0.2) is 30.6 Å². The normalized spacial score (nSPS) is 45.4. The summed E-state index contributed by atoms with van der Waals surface area (Å²) in [7, 11) is 0. The molecule has 0 radical (unpaired) electrons. The van der Waals surface area contributed by atoms with Gasteiger partial charge in [-0.3, -0.25) is 4.79 Å². The molecule has 17 heavy (non-hydrogen) atoms. The van der Waals surface area contributed by atoms with Crippen molar-refractivity contribution < 1.29 is 19.0 Å². The molecule has 3 aliphatic heterocycles. The lowest BCUT2D eigenvalue weighted by molar-refractivity contribution is -0.319. The third-order valence-corrected chi connectivity index (χ3v) is 4.18. The molecule has 3 rings (SSSR count). The Morgan fingerprint density at radius 3 is 2.82 bits per heavy atom. The molecular weight excluding hydrogens is 220 g/mol. The van der Waals surface area contributed by atoms with Crippen molar-refractivity contribution in [2.24, 2.45) is 11.8 Å². The second-order valence-corrected chi connectivity index (χ2v) is 5.71. The smallest absolute Gasteiger partial charge is 0.314 e. The van der Waals surface area contributed by atoms with E-state index < -0.39 is 5.79 Å². The van der Waals surface area contributed by atoms with Crippen LogP contribution in [0.15, 0.2) is 0 Å². The lowest BCUT2D eigenvalue weighted by Crippen LogP contribution is -2.55. The van der Waals surface area contributed by atoms with Gasteiger partial charge in [-0.2, -0.15) is 0 Å². The number of hydrogen-bond acceptors (Lipinski definition) is 4. The van der Waals surface area contributed by atoms with Crippen LogP contribution >= 0.6 is 0 Å². The molecule has 0 aromatic heterocycles. The van der Waals surface area contributed by atoms with Gasteiger partial charge >= 0.3 is 5.97 Å². The Morgan fingerprint density at radius 1 is 1.35 bits per heavy atom. The van der Waals surface area contributed by atoms with E-state index in [4.69, 9.17) is 14.2 Å². The van der Waals surface area contributed by atoms with E-state index in [2.05, 4.69) is 13.8 Å². The van der Waals surface area contributed by atoms with E-state index in [1.165, 1.54) is 0 Å². The minimum atomic E-state index is -0.683. The fourth-order valence-electron chi connectivity index (χ4n) is 3.28. The van der Waals surface area contributed by atoms with Crippen LogP contribution in [0.2, 0.25) is 0 Å². The van der Waals surface area contributed by atoms with Crippen LogP contribution in [0, 0.1) is 11.8 Å². The maximum Gasteiger partial charge on any atom is 0.314 e. The molecule has 1 unspecified atom stereocenters. The maximum atomic E-state index is 11.9. The van der Waals surface area contributed by atoms with Crippen LogP contribution in [0.3, 0.4) is 0 Å². The Balaban J connectivity index is 1.90. The average Bonchev–Trinajstić information content (AvgIpc) is 2.65. The van der Waals surface area contributed by atoms with Gasteiger partial charge in [0.05, 0.1) is 6.61 Å². The van der Waals surface area contributed by atoms with Gasteiger partial charge in [0.25, 0.3) is 0 Å². The molecule has 0 aromatic rings. The summed E-state index contributed by atoms with van der Waals surface area (Å²) in [5.41, 5.74) is 0. The first-order valence-electron chi connectivity index (χ1n) is 6.65. The molecule has 0 aliphatic carbocycles. The zero-order valence-corrected chi connectivity index (χ0v) is 10.5. The van der Waals surface area contributed by atoms with Crippen LogP contribution in [0.1, 0.15) is 39.5 Å². The number of fused-ring (bicyclic) bond motifs is 3. The lowest BCUT2D eigenvalue weighted by atomic mass is 9.83. The zero-order chi connectivity index (χ0) is 12.0. The molecule has 0 aromatic carbocycles. The standard InChI is InChI=1S/C13H20O4/c1-8(2)11-10-7-9(12(14)16-10)13(17-11)5-3-4-6-15-13/h8-11H,3-7H2,1-2H3/t9?,10-,11-,13-/m0/s1. The van der Waals surface area contributed by atoms with Crippen molar-refractivity contribution in [2.75, 3.05) is 6.61 Å². The Morgan fingerprint density at radius 2 is 2.18 bits per heavy atom. The molecular formula is C13H20O4. The highest BCUT2D eigenvalue weighted by Gasteiger charge is 2.59. The summed E-state index contributed by atoms with van der Waals surface area (Å²) in [5.74, 6) is -0.672. The predicted molar refractivity (Wildman–Crippen MR) is 60.2 cm³/mol. The van der Waals surface area contributed by atoms with Crippen molar-refractivity contribution in [3.8, 4) is 0 Å². The van der Waals surface area contributed by atoms with Gasteiger partial charge in [0.2, 0.25) is 0 Å². The monoisotopic (exact) mass is 240 g/mol. The molecule has 3 aliphatic rings. The van der Waals surface area contributed by atoms with E-state index in [1.807, 2.05) is 0 Å². The number of carbonyl (C=O) groups is 1. The number of esters is 1. The molecule has 1 spiro atoms. The van der Waals surface area contributed by atoms with E-state index in [0.29, 0.717) is 12.5 Å². The molecule has 0 N–H and O–H groups in total. The van der Waals surface area contributed by atoms with E-state index >= 15 is 0 Å². The topological polar surface area (TPSA) is 44.8 Å². The number of hydrogen-bond donors (Lipinski definition) is 0. The van der Waals surface area contributed by atoms with Gasteiger partial charge in [0.15, 0.2) is 5.79 Å². The van der Waals surface area contributed by atoms with E-state index in [1.54, 1.807) is 0 Å².